The van der Waals surface area contributed by atoms with Crippen LogP contribution in [0.4, 0.5) is 5.82 Å². The van der Waals surface area contributed by atoms with Crippen molar-refractivity contribution < 1.29 is 9.59 Å². The Kier molecular flexibility index (Phi) is 4.66. The maximum atomic E-state index is 12.5. The lowest BCUT2D eigenvalue weighted by Gasteiger charge is -2.30. The van der Waals surface area contributed by atoms with Gasteiger partial charge in [-0.25, -0.2) is 4.98 Å². The molecule has 2 aromatic heterocycles. The Bertz CT molecular complexity index is 766. The number of nitrogens with zero attached hydrogens (tertiary/aromatic N) is 4. The quantitative estimate of drug-likeness (QED) is 0.860. The van der Waals surface area contributed by atoms with Gasteiger partial charge in [-0.2, -0.15) is 5.10 Å². The molecule has 0 aliphatic heterocycles. The first-order valence-electron chi connectivity index (χ1n) is 8.05. The van der Waals surface area contributed by atoms with Crippen molar-refractivity contribution in [3.63, 3.8) is 0 Å². The van der Waals surface area contributed by atoms with Crippen molar-refractivity contribution in [2.24, 2.45) is 7.05 Å². The molecule has 0 unspecified atom stereocenters. The van der Waals surface area contributed by atoms with Gasteiger partial charge in [-0.1, -0.05) is 6.92 Å². The summed E-state index contributed by atoms with van der Waals surface area (Å²) in [5, 5.41) is 7.70. The lowest BCUT2D eigenvalue weighted by molar-refractivity contribution is -0.143. The molecule has 0 spiro atoms. The number of thiazole rings is 1. The Balaban J connectivity index is 1.74. The molecule has 3 rings (SSSR count). The molecule has 8 heteroatoms. The summed E-state index contributed by atoms with van der Waals surface area (Å²) in [5.41, 5.74) is 1.08. The Hall–Kier alpha value is -2.22. The van der Waals surface area contributed by atoms with Crippen LogP contribution in [0.15, 0.2) is 12.3 Å². The molecular weight excluding hydrogens is 326 g/mol. The molecule has 1 aliphatic rings. The zero-order chi connectivity index (χ0) is 17.3. The second-order valence-electron chi connectivity index (χ2n) is 5.92. The third-order valence-electron chi connectivity index (χ3n) is 4.21. The number of carbonyl (C=O) groups is 2. The van der Waals surface area contributed by atoms with Crippen LogP contribution in [0, 0.1) is 0 Å². The predicted molar refractivity (Wildman–Crippen MR) is 91.8 cm³/mol. The van der Waals surface area contributed by atoms with E-state index in [1.165, 1.54) is 4.90 Å². The van der Waals surface area contributed by atoms with E-state index in [9.17, 15) is 9.59 Å². The highest BCUT2D eigenvalue weighted by Crippen LogP contribution is 2.37. The second kappa shape index (κ2) is 6.72. The van der Waals surface area contributed by atoms with Gasteiger partial charge in [0.2, 0.25) is 0 Å². The number of carbonyl (C=O) groups excluding carboxylic acids is 2. The van der Waals surface area contributed by atoms with Crippen LogP contribution < -0.4 is 5.32 Å². The Labute approximate surface area is 144 Å². The molecule has 0 bridgehead atoms. The van der Waals surface area contributed by atoms with Gasteiger partial charge in [-0.3, -0.25) is 14.3 Å². The summed E-state index contributed by atoms with van der Waals surface area (Å²) in [6.45, 7) is 2.08. The van der Waals surface area contributed by atoms with Crippen LogP contribution >= 0.6 is 11.3 Å². The fourth-order valence-electron chi connectivity index (χ4n) is 2.92. The number of amides is 2. The van der Waals surface area contributed by atoms with E-state index < -0.39 is 11.8 Å². The van der Waals surface area contributed by atoms with Crippen LogP contribution in [0.1, 0.15) is 41.4 Å². The van der Waals surface area contributed by atoms with Crippen molar-refractivity contribution in [2.75, 3.05) is 12.4 Å². The first-order valence-corrected chi connectivity index (χ1v) is 8.87. The molecule has 0 saturated carbocycles. The third kappa shape index (κ3) is 3.19. The largest absolute Gasteiger partial charge is 0.330 e. The van der Waals surface area contributed by atoms with E-state index in [4.69, 9.17) is 0 Å². The monoisotopic (exact) mass is 347 g/mol. The number of anilines is 1. The molecule has 1 aliphatic carbocycles. The van der Waals surface area contributed by atoms with Crippen LogP contribution in [0.25, 0.3) is 0 Å². The number of nitrogens with one attached hydrogen (secondary N) is 1. The second-order valence-corrected chi connectivity index (χ2v) is 7.04. The zero-order valence-corrected chi connectivity index (χ0v) is 14.9. The number of fused-ring (bicyclic) bond motifs is 1. The molecule has 0 fully saturated rings. The first kappa shape index (κ1) is 16.6. The van der Waals surface area contributed by atoms with Gasteiger partial charge in [0.05, 0.1) is 21.6 Å². The number of hydrogen-bond donors (Lipinski definition) is 1. The van der Waals surface area contributed by atoms with E-state index in [0.29, 0.717) is 5.82 Å². The molecule has 0 saturated heterocycles. The van der Waals surface area contributed by atoms with Crippen molar-refractivity contribution >= 4 is 29.0 Å². The molecule has 0 radical (unpaired) electrons. The maximum Gasteiger partial charge on any atom is 0.315 e. The lowest BCUT2D eigenvalue weighted by atomic mass is 9.97. The average Bonchev–Trinajstić information content (AvgIpc) is 3.18. The van der Waals surface area contributed by atoms with E-state index in [-0.39, 0.29) is 6.04 Å². The van der Waals surface area contributed by atoms with E-state index in [1.54, 1.807) is 42.4 Å². The fraction of sp³-hybridized carbons (Fsp3) is 0.500. The predicted octanol–water partition coefficient (Wildman–Crippen LogP) is 1.91. The van der Waals surface area contributed by atoms with Crippen LogP contribution in [0.2, 0.25) is 0 Å². The van der Waals surface area contributed by atoms with E-state index in [1.807, 2.05) is 0 Å². The number of likely N-dealkylation sites (N-methyl/N-ethyl adjacent to an activating group) is 1. The molecule has 7 nitrogen and oxygen atoms in total. The number of aromatic nitrogens is 3. The molecule has 2 amide bonds. The standard InChI is InChI=1S/C16H21N5O2S/c1-4-13-17-10-6-5-7-11(14(10)24-13)21(3)16(23)15(22)18-12-8-9-20(2)19-12/h8-9,11H,4-7H2,1-3H3,(H,18,19,22)/t11-/m1/s1. The molecule has 1 atom stereocenters. The smallest absolute Gasteiger partial charge is 0.315 e. The van der Waals surface area contributed by atoms with Gasteiger partial charge >= 0.3 is 11.8 Å². The van der Waals surface area contributed by atoms with Crippen LogP contribution in [0.5, 0.6) is 0 Å². The normalized spacial score (nSPS) is 16.5. The van der Waals surface area contributed by atoms with Gasteiger partial charge in [0.1, 0.15) is 0 Å². The van der Waals surface area contributed by atoms with Crippen molar-refractivity contribution in [1.29, 1.82) is 0 Å². The van der Waals surface area contributed by atoms with Gasteiger partial charge in [0.15, 0.2) is 5.82 Å². The molecule has 2 aromatic rings. The minimum Gasteiger partial charge on any atom is -0.330 e. The average molecular weight is 347 g/mol. The molecule has 2 heterocycles. The summed E-state index contributed by atoms with van der Waals surface area (Å²) in [5.74, 6) is -0.840. The fourth-order valence-corrected chi connectivity index (χ4v) is 4.15. The maximum absolute atomic E-state index is 12.5. The van der Waals surface area contributed by atoms with E-state index in [2.05, 4.69) is 22.3 Å². The number of hydrogen-bond acceptors (Lipinski definition) is 5. The Morgan fingerprint density at radius 3 is 2.96 bits per heavy atom. The van der Waals surface area contributed by atoms with Gasteiger partial charge in [-0.05, 0) is 25.7 Å². The SMILES string of the molecule is CCc1nc2c(s1)[C@H](N(C)C(=O)C(=O)Nc1ccn(C)n1)CCC2. The minimum atomic E-state index is -0.663. The summed E-state index contributed by atoms with van der Waals surface area (Å²) in [7, 11) is 3.44. The van der Waals surface area contributed by atoms with Gasteiger partial charge in [0.25, 0.3) is 0 Å². The summed E-state index contributed by atoms with van der Waals surface area (Å²) < 4.78 is 1.57. The third-order valence-corrected chi connectivity index (χ3v) is 5.55. The van der Waals surface area contributed by atoms with Crippen molar-refractivity contribution in [2.45, 2.75) is 38.6 Å². The summed E-state index contributed by atoms with van der Waals surface area (Å²) in [6.07, 6.45) is 5.38. The van der Waals surface area contributed by atoms with Crippen LogP contribution in [-0.2, 0) is 29.5 Å². The van der Waals surface area contributed by atoms with Crippen molar-refractivity contribution in [1.82, 2.24) is 19.7 Å². The van der Waals surface area contributed by atoms with Crippen molar-refractivity contribution in [3.05, 3.63) is 27.8 Å². The number of rotatable bonds is 3. The zero-order valence-electron chi connectivity index (χ0n) is 14.1. The Morgan fingerprint density at radius 1 is 1.50 bits per heavy atom. The Morgan fingerprint density at radius 2 is 2.29 bits per heavy atom. The van der Waals surface area contributed by atoms with Crippen LogP contribution in [-0.4, -0.2) is 38.5 Å². The van der Waals surface area contributed by atoms with Gasteiger partial charge in [-0.15, -0.1) is 11.3 Å². The molecule has 0 aromatic carbocycles. The summed E-state index contributed by atoms with van der Waals surface area (Å²) in [6, 6.07) is 1.58. The topological polar surface area (TPSA) is 80.1 Å². The molecule has 1 N–H and O–H groups in total. The van der Waals surface area contributed by atoms with Crippen molar-refractivity contribution in [3.8, 4) is 0 Å². The van der Waals surface area contributed by atoms with E-state index in [0.717, 1.165) is 41.3 Å². The summed E-state index contributed by atoms with van der Waals surface area (Å²) >= 11 is 1.66. The molecular formula is C16H21N5O2S. The highest BCUT2D eigenvalue weighted by atomic mass is 32.1. The first-order chi connectivity index (χ1) is 11.5. The molecule has 128 valence electrons. The molecule has 24 heavy (non-hydrogen) atoms. The highest BCUT2D eigenvalue weighted by molar-refractivity contribution is 7.11. The van der Waals surface area contributed by atoms with Gasteiger partial charge in [0, 0.05) is 26.4 Å². The van der Waals surface area contributed by atoms with Crippen LogP contribution in [0.3, 0.4) is 0 Å². The van der Waals surface area contributed by atoms with Gasteiger partial charge < -0.3 is 10.2 Å². The summed E-state index contributed by atoms with van der Waals surface area (Å²) in [4.78, 5) is 32.0. The van der Waals surface area contributed by atoms with E-state index >= 15 is 0 Å². The minimum absolute atomic E-state index is 0.0754. The highest BCUT2D eigenvalue weighted by Gasteiger charge is 2.32. The lowest BCUT2D eigenvalue weighted by Crippen LogP contribution is -2.40. The number of aryl methyl sites for hydroxylation is 3.